The topological polar surface area (TPSA) is 96.5 Å². The molecule has 4 aliphatic rings. The zero-order valence-electron chi connectivity index (χ0n) is 18.1. The van der Waals surface area contributed by atoms with Crippen LogP contribution in [0, 0.1) is 5.92 Å². The highest BCUT2D eigenvalue weighted by Gasteiger charge is 2.39. The largest absolute Gasteiger partial charge is 0.490 e. The van der Waals surface area contributed by atoms with E-state index in [1.165, 1.54) is 23.4 Å². The van der Waals surface area contributed by atoms with Crippen LogP contribution in [-0.4, -0.2) is 82.0 Å². The van der Waals surface area contributed by atoms with Crippen molar-refractivity contribution in [2.45, 2.75) is 24.7 Å². The lowest BCUT2D eigenvalue weighted by molar-refractivity contribution is -0.138. The standard InChI is InChI=1S/C22H27N3O6S/c1-15(26)25-6-8-31-21-5-4-19(9-20(21)25)32(28,29)24-12-17-10-23(11-18(17)13-24)22(27)16-3-2-7-30-14-16/h4-5,9,16H,2-3,6-8,10-14H2,1H3. The molecule has 0 spiro atoms. The highest BCUT2D eigenvalue weighted by molar-refractivity contribution is 7.89. The zero-order chi connectivity index (χ0) is 22.5. The number of carbonyl (C=O) groups is 2. The molecule has 2 amide bonds. The van der Waals surface area contributed by atoms with E-state index in [-0.39, 0.29) is 35.7 Å². The maximum Gasteiger partial charge on any atom is 0.243 e. The lowest BCUT2D eigenvalue weighted by Crippen LogP contribution is -2.41. The Morgan fingerprint density at radius 3 is 2.47 bits per heavy atom. The first kappa shape index (κ1) is 21.4. The molecule has 4 aliphatic heterocycles. The summed E-state index contributed by atoms with van der Waals surface area (Å²) in [7, 11) is -3.75. The molecule has 0 saturated carbocycles. The van der Waals surface area contributed by atoms with E-state index in [4.69, 9.17) is 9.47 Å². The highest BCUT2D eigenvalue weighted by atomic mass is 32.2. The minimum atomic E-state index is -3.75. The molecule has 172 valence electrons. The molecule has 1 aromatic carbocycles. The van der Waals surface area contributed by atoms with Crippen LogP contribution in [0.5, 0.6) is 5.75 Å². The number of fused-ring (bicyclic) bond motifs is 1. The molecule has 0 aliphatic carbocycles. The van der Waals surface area contributed by atoms with E-state index < -0.39 is 10.0 Å². The number of carbonyl (C=O) groups excluding carboxylic acids is 2. The van der Waals surface area contributed by atoms with Gasteiger partial charge in [-0.3, -0.25) is 9.59 Å². The Bertz CT molecular complexity index is 1070. The summed E-state index contributed by atoms with van der Waals surface area (Å²) in [5.74, 6) is 0.366. The van der Waals surface area contributed by atoms with Gasteiger partial charge in [-0.2, -0.15) is 4.31 Å². The number of sulfonamides is 1. The molecule has 9 nitrogen and oxygen atoms in total. The number of hydrogen-bond donors (Lipinski definition) is 0. The number of amides is 2. The van der Waals surface area contributed by atoms with Gasteiger partial charge in [0.2, 0.25) is 21.8 Å². The summed E-state index contributed by atoms with van der Waals surface area (Å²) in [5.41, 5.74) is 2.49. The second kappa shape index (κ2) is 8.17. The van der Waals surface area contributed by atoms with Crippen LogP contribution in [0.2, 0.25) is 0 Å². The number of ether oxygens (including phenoxy) is 2. The molecular formula is C22H27N3O6S. The van der Waals surface area contributed by atoms with E-state index in [1.807, 2.05) is 4.90 Å². The minimum absolute atomic E-state index is 0.0921. The number of rotatable bonds is 3. The molecular weight excluding hydrogens is 434 g/mol. The monoisotopic (exact) mass is 461 g/mol. The minimum Gasteiger partial charge on any atom is -0.490 e. The van der Waals surface area contributed by atoms with Crippen LogP contribution in [-0.2, 0) is 24.3 Å². The van der Waals surface area contributed by atoms with Gasteiger partial charge in [0.15, 0.2) is 0 Å². The first-order valence-electron chi connectivity index (χ1n) is 11.0. The molecule has 1 unspecified atom stereocenters. The zero-order valence-corrected chi connectivity index (χ0v) is 18.9. The first-order valence-corrected chi connectivity index (χ1v) is 12.4. The van der Waals surface area contributed by atoms with Crippen LogP contribution in [0.1, 0.15) is 19.8 Å². The Balaban J connectivity index is 1.29. The maximum absolute atomic E-state index is 13.3. The molecule has 0 bridgehead atoms. The summed E-state index contributed by atoms with van der Waals surface area (Å²) in [6.45, 7) is 4.94. The predicted octanol–water partition coefficient (Wildman–Crippen LogP) is 1.00. The van der Waals surface area contributed by atoms with Crippen molar-refractivity contribution in [3.8, 4) is 5.75 Å². The van der Waals surface area contributed by atoms with Gasteiger partial charge in [0, 0.05) is 39.7 Å². The molecule has 0 radical (unpaired) electrons. The van der Waals surface area contributed by atoms with Crippen molar-refractivity contribution in [1.82, 2.24) is 9.21 Å². The van der Waals surface area contributed by atoms with Gasteiger partial charge < -0.3 is 19.3 Å². The van der Waals surface area contributed by atoms with Crippen LogP contribution < -0.4 is 9.64 Å². The van der Waals surface area contributed by atoms with E-state index >= 15 is 0 Å². The average molecular weight is 462 g/mol. The average Bonchev–Trinajstić information content (AvgIpc) is 3.38. The lowest BCUT2D eigenvalue weighted by atomic mass is 10.0. The van der Waals surface area contributed by atoms with Crippen LogP contribution >= 0.6 is 0 Å². The Kier molecular flexibility index (Phi) is 5.47. The second-order valence-electron chi connectivity index (χ2n) is 8.74. The smallest absolute Gasteiger partial charge is 0.243 e. The number of nitrogens with zero attached hydrogens (tertiary/aromatic N) is 3. The van der Waals surface area contributed by atoms with Gasteiger partial charge in [-0.05, 0) is 42.2 Å². The van der Waals surface area contributed by atoms with E-state index in [1.54, 1.807) is 11.0 Å². The first-order chi connectivity index (χ1) is 15.3. The molecule has 1 atom stereocenters. The van der Waals surface area contributed by atoms with Crippen molar-refractivity contribution >= 4 is 27.5 Å². The van der Waals surface area contributed by atoms with Crippen molar-refractivity contribution < 1.29 is 27.5 Å². The number of hydrogen-bond acceptors (Lipinski definition) is 6. The Morgan fingerprint density at radius 2 is 1.81 bits per heavy atom. The highest BCUT2D eigenvalue weighted by Crippen LogP contribution is 2.36. The van der Waals surface area contributed by atoms with Crippen molar-refractivity contribution in [1.29, 1.82) is 0 Å². The van der Waals surface area contributed by atoms with Crippen LogP contribution in [0.3, 0.4) is 0 Å². The Labute approximate surface area is 187 Å². The molecule has 0 N–H and O–H groups in total. The van der Waals surface area contributed by atoms with E-state index in [9.17, 15) is 18.0 Å². The van der Waals surface area contributed by atoms with Crippen LogP contribution in [0.25, 0.3) is 0 Å². The number of anilines is 1. The van der Waals surface area contributed by atoms with Crippen molar-refractivity contribution in [3.63, 3.8) is 0 Å². The van der Waals surface area contributed by atoms with Crippen LogP contribution in [0.15, 0.2) is 34.2 Å². The molecule has 10 heteroatoms. The Morgan fingerprint density at radius 1 is 1.06 bits per heavy atom. The van der Waals surface area contributed by atoms with Gasteiger partial charge in [-0.25, -0.2) is 8.42 Å². The molecule has 1 aromatic rings. The summed E-state index contributed by atoms with van der Waals surface area (Å²) in [6, 6.07) is 4.66. The van der Waals surface area contributed by atoms with Crippen molar-refractivity contribution in [3.05, 3.63) is 29.3 Å². The molecule has 0 aromatic heterocycles. The Hall–Kier alpha value is -2.43. The fourth-order valence-corrected chi connectivity index (χ4v) is 6.35. The molecule has 5 rings (SSSR count). The SMILES string of the molecule is CC(=O)N1CCOc2ccc(S(=O)(=O)N3CC4=C(CN(C(=O)C5CCCOC5)C4)C3)cc21. The van der Waals surface area contributed by atoms with Crippen molar-refractivity contribution in [2.24, 2.45) is 5.92 Å². The number of benzene rings is 1. The normalized spacial score (nSPS) is 23.7. The van der Waals surface area contributed by atoms with Gasteiger partial charge in [0.25, 0.3) is 0 Å². The molecule has 4 heterocycles. The third-order valence-electron chi connectivity index (χ3n) is 6.63. The van der Waals surface area contributed by atoms with E-state index in [2.05, 4.69) is 0 Å². The summed E-state index contributed by atoms with van der Waals surface area (Å²) < 4.78 is 39.2. The lowest BCUT2D eigenvalue weighted by Gasteiger charge is -2.30. The molecule has 1 fully saturated rings. The molecule has 1 saturated heterocycles. The summed E-state index contributed by atoms with van der Waals surface area (Å²) in [4.78, 5) is 28.3. The van der Waals surface area contributed by atoms with Crippen molar-refractivity contribution in [2.75, 3.05) is 57.4 Å². The van der Waals surface area contributed by atoms with Gasteiger partial charge in [0.1, 0.15) is 12.4 Å². The van der Waals surface area contributed by atoms with Gasteiger partial charge in [-0.1, -0.05) is 0 Å². The summed E-state index contributed by atoms with van der Waals surface area (Å²) >= 11 is 0. The summed E-state index contributed by atoms with van der Waals surface area (Å²) in [6.07, 6.45) is 1.75. The van der Waals surface area contributed by atoms with E-state index in [0.717, 1.165) is 24.0 Å². The predicted molar refractivity (Wildman–Crippen MR) is 116 cm³/mol. The fraction of sp³-hybridized carbons (Fsp3) is 0.545. The third kappa shape index (κ3) is 3.70. The van der Waals surface area contributed by atoms with E-state index in [0.29, 0.717) is 50.9 Å². The van der Waals surface area contributed by atoms with Gasteiger partial charge in [-0.15, -0.1) is 0 Å². The van der Waals surface area contributed by atoms with Gasteiger partial charge in [0.05, 0.1) is 29.7 Å². The third-order valence-corrected chi connectivity index (χ3v) is 8.42. The quantitative estimate of drug-likeness (QED) is 0.623. The maximum atomic E-state index is 13.3. The summed E-state index contributed by atoms with van der Waals surface area (Å²) in [5, 5.41) is 0. The second-order valence-corrected chi connectivity index (χ2v) is 10.7. The molecule has 32 heavy (non-hydrogen) atoms. The van der Waals surface area contributed by atoms with Gasteiger partial charge >= 0.3 is 0 Å². The van der Waals surface area contributed by atoms with Crippen LogP contribution in [0.4, 0.5) is 5.69 Å². The fourth-order valence-electron chi connectivity index (χ4n) is 4.90.